The molecule has 56 heavy (non-hydrogen) atoms. The Morgan fingerprint density at radius 3 is 2.21 bits per heavy atom. The van der Waals surface area contributed by atoms with Gasteiger partial charge in [0.25, 0.3) is 0 Å². The number of nitrogens with zero attached hydrogens (tertiary/aromatic N) is 7. The predicted octanol–water partition coefficient (Wildman–Crippen LogP) is 7.54. The van der Waals surface area contributed by atoms with Crippen LogP contribution < -0.4 is 10.5 Å². The summed E-state index contributed by atoms with van der Waals surface area (Å²) >= 11 is 0. The van der Waals surface area contributed by atoms with Gasteiger partial charge in [0.15, 0.2) is 5.65 Å². The Bertz CT molecular complexity index is 1980. The minimum absolute atomic E-state index is 0.0468. The van der Waals surface area contributed by atoms with Crippen LogP contribution in [0.2, 0.25) is 0 Å². The molecule has 5 aliphatic carbocycles. The van der Waals surface area contributed by atoms with Crippen LogP contribution in [0.4, 0.5) is 19.0 Å². The first-order valence-corrected chi connectivity index (χ1v) is 21.0. The number of hydrogen-bond acceptors (Lipinski definition) is 8. The number of nitrogen functional groups attached to an aromatic ring is 1. The molecule has 7 fully saturated rings. The van der Waals surface area contributed by atoms with Crippen molar-refractivity contribution in [3.63, 3.8) is 0 Å². The largest absolute Gasteiger partial charge is 0.462 e. The average molecular weight is 771 g/mol. The van der Waals surface area contributed by atoms with Gasteiger partial charge in [-0.15, -0.1) is 0 Å². The molecule has 13 heteroatoms. The third kappa shape index (κ3) is 6.41. The van der Waals surface area contributed by atoms with Crippen molar-refractivity contribution in [3.05, 3.63) is 54.6 Å². The van der Waals surface area contributed by atoms with Crippen LogP contribution in [-0.4, -0.2) is 97.4 Å². The Balaban J connectivity index is 0.778. The lowest BCUT2D eigenvalue weighted by molar-refractivity contribution is -0.251. The first kappa shape index (κ1) is 36.4. The van der Waals surface area contributed by atoms with Crippen LogP contribution in [0.25, 0.3) is 22.3 Å². The van der Waals surface area contributed by atoms with E-state index in [0.717, 1.165) is 47.7 Å². The summed E-state index contributed by atoms with van der Waals surface area (Å²) in [5.41, 5.74) is 6.84. The van der Waals surface area contributed by atoms with E-state index < -0.39 is 11.7 Å². The lowest BCUT2D eigenvalue weighted by atomic mass is 9.49. The lowest BCUT2D eigenvalue weighted by Crippen LogP contribution is -2.68. The summed E-state index contributed by atoms with van der Waals surface area (Å²) in [6, 6.07) is 7.72. The van der Waals surface area contributed by atoms with Crippen molar-refractivity contribution in [2.45, 2.75) is 107 Å². The molecule has 3 aliphatic heterocycles. The highest BCUT2D eigenvalue weighted by Crippen LogP contribution is 2.61. The number of ether oxygens (including phenoxy) is 1. The Morgan fingerprint density at radius 1 is 0.911 bits per heavy atom. The fourth-order valence-corrected chi connectivity index (χ4v) is 12.4. The van der Waals surface area contributed by atoms with E-state index in [0.29, 0.717) is 81.1 Å². The molecule has 0 unspecified atom stereocenters. The minimum atomic E-state index is -4.35. The van der Waals surface area contributed by atoms with Crippen molar-refractivity contribution in [1.82, 2.24) is 34.4 Å². The molecule has 1 amide bonds. The number of rotatable bonds is 8. The number of piperidine rings is 2. The van der Waals surface area contributed by atoms with E-state index in [-0.39, 0.29) is 36.2 Å². The number of nitrogens with two attached hydrogens (primary N) is 1. The zero-order chi connectivity index (χ0) is 38.2. The number of anilines is 1. The Labute approximate surface area is 326 Å². The maximum Gasteiger partial charge on any atom is 0.406 e. The van der Waals surface area contributed by atoms with Gasteiger partial charge in [-0.2, -0.15) is 18.3 Å². The molecule has 3 saturated heterocycles. The van der Waals surface area contributed by atoms with E-state index in [1.165, 1.54) is 44.9 Å². The van der Waals surface area contributed by atoms with Gasteiger partial charge in [0, 0.05) is 63.7 Å². The van der Waals surface area contributed by atoms with Gasteiger partial charge in [0.2, 0.25) is 5.91 Å². The van der Waals surface area contributed by atoms with Gasteiger partial charge in [0.1, 0.15) is 34.9 Å². The molecular weight excluding hydrogens is 718 g/mol. The fraction of sp³-hybridized carbons (Fsp3) is 0.628. The first-order chi connectivity index (χ1) is 27.0. The number of allylic oxidation sites excluding steroid dienone is 4. The molecule has 4 saturated carbocycles. The smallest absolute Gasteiger partial charge is 0.406 e. The van der Waals surface area contributed by atoms with Crippen LogP contribution in [-0.2, 0) is 4.79 Å². The predicted molar refractivity (Wildman–Crippen MR) is 207 cm³/mol. The number of likely N-dealkylation sites (tertiary alicyclic amines) is 3. The monoisotopic (exact) mass is 770 g/mol. The minimum Gasteiger partial charge on any atom is -0.462 e. The van der Waals surface area contributed by atoms with E-state index in [1.807, 2.05) is 46.0 Å². The van der Waals surface area contributed by atoms with Gasteiger partial charge < -0.3 is 15.4 Å². The molecule has 0 radical (unpaired) electrons. The zero-order valence-electron chi connectivity index (χ0n) is 32.1. The summed E-state index contributed by atoms with van der Waals surface area (Å²) in [6.45, 7) is 2.71. The molecule has 298 valence electrons. The maximum atomic E-state index is 15.2. The van der Waals surface area contributed by atoms with Crippen LogP contribution in [0, 0.1) is 23.2 Å². The molecule has 10 nitrogen and oxygen atoms in total. The highest BCUT2D eigenvalue weighted by molar-refractivity contribution is 5.98. The number of amides is 1. The van der Waals surface area contributed by atoms with Crippen molar-refractivity contribution in [2.75, 3.05) is 45.0 Å². The van der Waals surface area contributed by atoms with Gasteiger partial charge in [-0.1, -0.05) is 12.2 Å². The fourth-order valence-electron chi connectivity index (χ4n) is 12.4. The lowest BCUT2D eigenvalue weighted by Gasteiger charge is -2.57. The number of carbonyl (C=O) groups is 1. The maximum absolute atomic E-state index is 15.2. The van der Waals surface area contributed by atoms with Gasteiger partial charge in [-0.3, -0.25) is 14.6 Å². The highest BCUT2D eigenvalue weighted by atomic mass is 19.4. The second-order valence-corrected chi connectivity index (χ2v) is 18.3. The molecule has 11 rings (SSSR count). The van der Waals surface area contributed by atoms with Gasteiger partial charge >= 0.3 is 6.18 Å². The van der Waals surface area contributed by atoms with Crippen LogP contribution in [0.1, 0.15) is 89.5 Å². The Morgan fingerprint density at radius 2 is 1.59 bits per heavy atom. The van der Waals surface area contributed by atoms with E-state index in [2.05, 4.69) is 20.9 Å². The normalized spacial score (nSPS) is 29.8. The van der Waals surface area contributed by atoms with Crippen LogP contribution >= 0.6 is 0 Å². The van der Waals surface area contributed by atoms with Crippen LogP contribution in [0.15, 0.2) is 54.6 Å². The van der Waals surface area contributed by atoms with E-state index in [1.54, 1.807) is 4.90 Å². The number of benzene rings is 1. The van der Waals surface area contributed by atoms with Crippen molar-refractivity contribution < 1.29 is 22.7 Å². The molecule has 0 atom stereocenters. The molecule has 1 aromatic carbocycles. The molecule has 3 aromatic rings. The number of aromatic nitrogens is 4. The number of carbonyl (C=O) groups excluding carboxylic acids is 1. The number of halogens is 3. The number of alkyl halides is 3. The van der Waals surface area contributed by atoms with E-state index in [4.69, 9.17) is 15.6 Å². The quantitative estimate of drug-likeness (QED) is 0.251. The number of fused-ring (bicyclic) bond motifs is 1. The summed E-state index contributed by atoms with van der Waals surface area (Å²) in [5, 5.41) is 5.65. The van der Waals surface area contributed by atoms with Gasteiger partial charge in [0.05, 0.1) is 11.4 Å². The average Bonchev–Trinajstić information content (AvgIpc) is 3.55. The molecular formula is C43H53F3N8O2. The summed E-state index contributed by atoms with van der Waals surface area (Å²) in [5.74, 6) is 4.68. The molecule has 8 aliphatic rings. The first-order valence-electron chi connectivity index (χ1n) is 21.0. The summed E-state index contributed by atoms with van der Waals surface area (Å²) < 4.78 is 53.4. The van der Waals surface area contributed by atoms with Gasteiger partial charge in [-0.05, 0) is 124 Å². The molecule has 5 heterocycles. The topological polar surface area (TPSA) is 106 Å². The van der Waals surface area contributed by atoms with E-state index in [9.17, 15) is 4.79 Å². The number of hydrogen-bond donors (Lipinski definition) is 1. The molecule has 2 aromatic heterocycles. The summed E-state index contributed by atoms with van der Waals surface area (Å²) in [4.78, 5) is 28.2. The van der Waals surface area contributed by atoms with Crippen molar-refractivity contribution in [2.24, 2.45) is 23.2 Å². The second kappa shape index (κ2) is 13.9. The van der Waals surface area contributed by atoms with Crippen molar-refractivity contribution in [3.8, 4) is 17.0 Å². The highest BCUT2D eigenvalue weighted by Gasteiger charge is 2.60. The zero-order valence-corrected chi connectivity index (χ0v) is 32.1. The Kier molecular flexibility index (Phi) is 9.00. The molecule has 4 bridgehead atoms. The summed E-state index contributed by atoms with van der Waals surface area (Å²) in [6.07, 6.45) is 14.5. The third-order valence-electron chi connectivity index (χ3n) is 14.9. The summed E-state index contributed by atoms with van der Waals surface area (Å²) in [7, 11) is 0. The second-order valence-electron chi connectivity index (χ2n) is 18.3. The molecule has 2 N–H and O–H groups in total. The standard InChI is InChI=1S/C43H53F3N8O2/c44-43(45,46)42(12-16-51(17-13-42)33-25-52(26-33)36(55)24-41-21-28-18-29(22-41)20-30(19-28)23-41)53-14-10-32(11-15-53)54-40-37(39(47)48-27-49-40)38(50-54)31-6-8-35(9-7-31)56-34-4-2-1-3-5-34/h1-2,4,6-9,27-30,32-33H,3,5,10-26H2,(H2,47,48,49). The van der Waals surface area contributed by atoms with Crippen molar-refractivity contribution >= 4 is 22.8 Å². The molecule has 0 spiro atoms. The van der Waals surface area contributed by atoms with E-state index >= 15 is 13.2 Å². The van der Waals surface area contributed by atoms with Crippen molar-refractivity contribution in [1.29, 1.82) is 0 Å². The van der Waals surface area contributed by atoms with Gasteiger partial charge in [-0.25, -0.2) is 14.6 Å². The van der Waals surface area contributed by atoms with Crippen LogP contribution in [0.3, 0.4) is 0 Å². The van der Waals surface area contributed by atoms with Crippen LogP contribution in [0.5, 0.6) is 5.75 Å². The SMILES string of the molecule is Nc1ncnc2c1c(-c1ccc(OC3=CC=CCC3)cc1)nn2C1CCN(C2(C(F)(F)F)CCN(C3CN(C(=O)CC45CC6CC(CC(C6)C4)C5)C3)CC2)CC1. The third-order valence-corrected chi connectivity index (χ3v) is 14.9. The Hall–Kier alpha value is -3.97.